The molecule has 0 saturated heterocycles. The summed E-state index contributed by atoms with van der Waals surface area (Å²) in [6.07, 6.45) is 26.9. The van der Waals surface area contributed by atoms with E-state index in [1.54, 1.807) is 0 Å². The van der Waals surface area contributed by atoms with E-state index in [1.807, 2.05) is 6.92 Å². The van der Waals surface area contributed by atoms with Crippen LogP contribution in [0.3, 0.4) is 0 Å². The van der Waals surface area contributed by atoms with Crippen molar-refractivity contribution < 1.29 is 19.4 Å². The van der Waals surface area contributed by atoms with Gasteiger partial charge >= 0.3 is 11.9 Å². The van der Waals surface area contributed by atoms with Crippen LogP contribution in [0.5, 0.6) is 0 Å². The van der Waals surface area contributed by atoms with Gasteiger partial charge < -0.3 is 9.84 Å². The highest BCUT2D eigenvalue weighted by Gasteiger charge is 2.16. The van der Waals surface area contributed by atoms with E-state index in [2.05, 4.69) is 27.7 Å². The number of esters is 1. The maximum absolute atomic E-state index is 12.0. The molecule has 2 unspecified atom stereocenters. The molecule has 0 aromatic rings. The van der Waals surface area contributed by atoms with Crippen molar-refractivity contribution >= 4 is 11.9 Å². The predicted octanol–water partition coefficient (Wildman–Crippen LogP) is 10.5. The molecule has 0 aliphatic heterocycles. The second-order valence-corrected chi connectivity index (χ2v) is 10.6. The van der Waals surface area contributed by atoms with Gasteiger partial charge in [0.15, 0.2) is 0 Å². The first kappa shape index (κ1) is 37.1. The lowest BCUT2D eigenvalue weighted by Crippen LogP contribution is -2.17. The van der Waals surface area contributed by atoms with E-state index in [-0.39, 0.29) is 17.8 Å². The third-order valence-electron chi connectivity index (χ3n) is 7.22. The lowest BCUT2D eigenvalue weighted by molar-refractivity contribution is -0.149. The summed E-state index contributed by atoms with van der Waals surface area (Å²) in [6, 6.07) is 0. The monoisotopic (exact) mass is 512 g/mol. The largest absolute Gasteiger partial charge is 0.481 e. The summed E-state index contributed by atoms with van der Waals surface area (Å²) in [7, 11) is 0. The molecule has 0 fully saturated rings. The van der Waals surface area contributed by atoms with Crippen LogP contribution in [0.4, 0.5) is 0 Å². The van der Waals surface area contributed by atoms with Crippen molar-refractivity contribution in [2.45, 2.75) is 176 Å². The summed E-state index contributed by atoms with van der Waals surface area (Å²) in [4.78, 5) is 22.4. The molecule has 0 amide bonds. The van der Waals surface area contributed by atoms with Crippen LogP contribution >= 0.6 is 0 Å². The van der Waals surface area contributed by atoms with Crippen molar-refractivity contribution in [3.05, 3.63) is 0 Å². The number of unbranched alkanes of at least 4 members (excludes halogenated alkanes) is 15. The third kappa shape index (κ3) is 26.0. The van der Waals surface area contributed by atoms with Gasteiger partial charge in [0.05, 0.1) is 18.4 Å². The van der Waals surface area contributed by atoms with Crippen molar-refractivity contribution in [3.8, 4) is 0 Å². The Bertz CT molecular complexity index is 463. The summed E-state index contributed by atoms with van der Waals surface area (Å²) in [5.41, 5.74) is 0. The quantitative estimate of drug-likeness (QED) is 0.0975. The number of aliphatic carboxylic acids is 1. The molecule has 4 heteroatoms. The lowest BCUT2D eigenvalue weighted by atomic mass is 10.00. The van der Waals surface area contributed by atoms with Crippen molar-refractivity contribution in [2.24, 2.45) is 11.8 Å². The fourth-order valence-electron chi connectivity index (χ4n) is 4.48. The van der Waals surface area contributed by atoms with Crippen molar-refractivity contribution in [3.63, 3.8) is 0 Å². The zero-order valence-electron chi connectivity index (χ0n) is 25.1. The fourth-order valence-corrected chi connectivity index (χ4v) is 4.48. The predicted molar refractivity (Wildman–Crippen MR) is 156 cm³/mol. The number of carbonyl (C=O) groups is 2. The highest BCUT2D eigenvalue weighted by atomic mass is 16.5. The van der Waals surface area contributed by atoms with E-state index in [4.69, 9.17) is 9.84 Å². The molecule has 36 heavy (non-hydrogen) atoms. The average Bonchev–Trinajstić information content (AvgIpc) is 2.87. The Morgan fingerprint density at radius 2 is 0.889 bits per heavy atom. The van der Waals surface area contributed by atoms with Crippen LogP contribution in [0.2, 0.25) is 0 Å². The van der Waals surface area contributed by atoms with E-state index >= 15 is 0 Å². The molecule has 2 atom stereocenters. The SMILES string of the molecule is CCCCC(CC)C(=O)O.CCCCCCCCCCCCCCCCOC(=O)C(CC)CCCC. The molecule has 0 radical (unpaired) electrons. The normalized spacial score (nSPS) is 12.5. The zero-order chi connectivity index (χ0) is 27.3. The Morgan fingerprint density at radius 3 is 1.25 bits per heavy atom. The van der Waals surface area contributed by atoms with E-state index in [9.17, 15) is 9.59 Å². The first-order valence-electron chi connectivity index (χ1n) is 15.9. The van der Waals surface area contributed by atoms with Gasteiger partial charge in [0.25, 0.3) is 0 Å². The number of hydrogen-bond donors (Lipinski definition) is 1. The van der Waals surface area contributed by atoms with Gasteiger partial charge in [-0.3, -0.25) is 9.59 Å². The Hall–Kier alpha value is -1.06. The first-order valence-corrected chi connectivity index (χ1v) is 15.9. The maximum Gasteiger partial charge on any atom is 0.308 e. The van der Waals surface area contributed by atoms with Gasteiger partial charge in [-0.15, -0.1) is 0 Å². The molecule has 0 aromatic heterocycles. The molecular weight excluding hydrogens is 448 g/mol. The second kappa shape index (κ2) is 30.2. The highest BCUT2D eigenvalue weighted by Crippen LogP contribution is 2.16. The smallest absolute Gasteiger partial charge is 0.308 e. The molecule has 0 saturated carbocycles. The Labute approximate surface area is 225 Å². The van der Waals surface area contributed by atoms with Crippen LogP contribution in [0.25, 0.3) is 0 Å². The number of rotatable bonds is 25. The van der Waals surface area contributed by atoms with Gasteiger partial charge in [0.2, 0.25) is 0 Å². The summed E-state index contributed by atoms with van der Waals surface area (Å²) >= 11 is 0. The minimum Gasteiger partial charge on any atom is -0.481 e. The number of carboxylic acids is 1. The molecule has 0 heterocycles. The Kier molecular flexibility index (Phi) is 31.1. The fraction of sp³-hybridized carbons (Fsp3) is 0.938. The van der Waals surface area contributed by atoms with E-state index < -0.39 is 5.97 Å². The molecule has 0 aromatic carbocycles. The summed E-state index contributed by atoms with van der Waals surface area (Å²) in [5.74, 6) is -0.590. The number of ether oxygens (including phenoxy) is 1. The van der Waals surface area contributed by atoms with Gasteiger partial charge in [-0.2, -0.15) is 0 Å². The van der Waals surface area contributed by atoms with Crippen molar-refractivity contribution in [1.29, 1.82) is 0 Å². The van der Waals surface area contributed by atoms with Gasteiger partial charge in [-0.25, -0.2) is 0 Å². The molecule has 216 valence electrons. The molecule has 0 aliphatic rings. The summed E-state index contributed by atoms with van der Waals surface area (Å²) < 4.78 is 5.46. The third-order valence-corrected chi connectivity index (χ3v) is 7.22. The van der Waals surface area contributed by atoms with Crippen LogP contribution in [0.1, 0.15) is 176 Å². The molecule has 0 aliphatic carbocycles. The summed E-state index contributed by atoms with van der Waals surface area (Å²) in [5, 5.41) is 8.60. The van der Waals surface area contributed by atoms with Gasteiger partial charge in [-0.1, -0.05) is 144 Å². The zero-order valence-corrected chi connectivity index (χ0v) is 25.1. The van der Waals surface area contributed by atoms with Crippen LogP contribution in [-0.4, -0.2) is 23.7 Å². The van der Waals surface area contributed by atoms with Crippen LogP contribution in [0.15, 0.2) is 0 Å². The van der Waals surface area contributed by atoms with Crippen LogP contribution in [-0.2, 0) is 14.3 Å². The van der Waals surface area contributed by atoms with E-state index in [1.165, 1.54) is 83.5 Å². The number of carbonyl (C=O) groups excluding carboxylic acids is 1. The second-order valence-electron chi connectivity index (χ2n) is 10.6. The molecule has 1 N–H and O–H groups in total. The first-order chi connectivity index (χ1) is 17.5. The molecular formula is C32H64O4. The van der Waals surface area contributed by atoms with Crippen LogP contribution < -0.4 is 0 Å². The Balaban J connectivity index is 0. The standard InChI is InChI=1S/C24H48O2.C8H16O2/c1-4-7-9-10-11-12-13-14-15-16-17-18-19-20-22-26-24(25)23(6-3)21-8-5-2;1-3-5-6-7(4-2)8(9)10/h23H,4-22H2,1-3H3;7H,3-6H2,1-2H3,(H,9,10). The Morgan fingerprint density at radius 1 is 0.528 bits per heavy atom. The van der Waals surface area contributed by atoms with E-state index in [0.717, 1.165) is 57.8 Å². The number of hydrogen-bond acceptors (Lipinski definition) is 3. The average molecular weight is 513 g/mol. The summed E-state index contributed by atoms with van der Waals surface area (Å²) in [6.45, 7) is 11.2. The lowest BCUT2D eigenvalue weighted by Gasteiger charge is -2.13. The topological polar surface area (TPSA) is 63.6 Å². The maximum atomic E-state index is 12.0. The van der Waals surface area contributed by atoms with Gasteiger partial charge in [0, 0.05) is 0 Å². The molecule has 4 nitrogen and oxygen atoms in total. The van der Waals surface area contributed by atoms with Gasteiger partial charge in [-0.05, 0) is 32.1 Å². The van der Waals surface area contributed by atoms with Crippen molar-refractivity contribution in [2.75, 3.05) is 6.61 Å². The van der Waals surface area contributed by atoms with E-state index in [0.29, 0.717) is 6.61 Å². The molecule has 0 spiro atoms. The van der Waals surface area contributed by atoms with Crippen LogP contribution in [0, 0.1) is 11.8 Å². The molecule has 0 rings (SSSR count). The minimum absolute atomic E-state index is 0.0376. The number of carboxylic acid groups (broad SMARTS) is 1. The minimum atomic E-state index is -0.643. The van der Waals surface area contributed by atoms with Crippen molar-refractivity contribution in [1.82, 2.24) is 0 Å². The highest BCUT2D eigenvalue weighted by molar-refractivity contribution is 5.72. The van der Waals surface area contributed by atoms with Gasteiger partial charge in [0.1, 0.15) is 0 Å². The molecule has 0 bridgehead atoms.